The Kier molecular flexibility index (Phi) is 5.26. The minimum atomic E-state index is -0.857. The summed E-state index contributed by atoms with van der Waals surface area (Å²) in [6, 6.07) is 6.77. The number of thioether (sulfide) groups is 1. The Hall–Kier alpha value is -1.79. The molecule has 0 spiro atoms. The molecule has 1 amide bonds. The fraction of sp³-hybridized carbons (Fsp3) is 0.375. The first-order chi connectivity index (χ1) is 10.3. The van der Waals surface area contributed by atoms with E-state index in [1.54, 1.807) is 42.2 Å². The first kappa shape index (κ1) is 16.6. The van der Waals surface area contributed by atoms with Crippen LogP contribution in [0.25, 0.3) is 0 Å². The van der Waals surface area contributed by atoms with Gasteiger partial charge in [-0.15, -0.1) is 11.8 Å². The molecule has 0 saturated heterocycles. The number of aliphatic hydroxyl groups is 1. The van der Waals surface area contributed by atoms with Crippen molar-refractivity contribution in [2.75, 3.05) is 6.54 Å². The summed E-state index contributed by atoms with van der Waals surface area (Å²) in [4.78, 5) is 16.4. The van der Waals surface area contributed by atoms with E-state index in [0.29, 0.717) is 11.3 Å². The van der Waals surface area contributed by atoms with Crippen LogP contribution in [-0.4, -0.2) is 27.3 Å². The Morgan fingerprint density at radius 3 is 2.86 bits per heavy atom. The molecule has 2 aromatic rings. The van der Waals surface area contributed by atoms with Gasteiger partial charge < -0.3 is 14.8 Å². The zero-order valence-electron chi connectivity index (χ0n) is 12.9. The maximum atomic E-state index is 12.1. The number of carbonyl (C=O) groups excluding carboxylic acids is 1. The number of hydrogen-bond donors (Lipinski definition) is 2. The van der Waals surface area contributed by atoms with Crippen molar-refractivity contribution < 1.29 is 14.3 Å². The lowest BCUT2D eigenvalue weighted by molar-refractivity contribution is 0.0900. The number of nitrogens with one attached hydrogen (secondary N) is 1. The Morgan fingerprint density at radius 2 is 2.23 bits per heavy atom. The molecule has 0 saturated carbocycles. The largest absolute Gasteiger partial charge is 0.467 e. The van der Waals surface area contributed by atoms with E-state index < -0.39 is 6.10 Å². The molecule has 0 aromatic carbocycles. The van der Waals surface area contributed by atoms with Crippen molar-refractivity contribution in [3.05, 3.63) is 48.0 Å². The molecule has 22 heavy (non-hydrogen) atoms. The van der Waals surface area contributed by atoms with Gasteiger partial charge in [-0.05, 0) is 24.3 Å². The molecule has 2 rings (SSSR count). The van der Waals surface area contributed by atoms with Gasteiger partial charge in [-0.25, -0.2) is 4.98 Å². The second-order valence-electron chi connectivity index (χ2n) is 5.84. The van der Waals surface area contributed by atoms with E-state index in [2.05, 4.69) is 31.1 Å². The molecule has 118 valence electrons. The second kappa shape index (κ2) is 6.98. The standard InChI is InChI=1S/C16H20N2O3S/c1-16(2,3)22-14-9-11(6-7-17-14)15(20)18-10-12(19)13-5-4-8-21-13/h4-9,12,19H,10H2,1-3H3,(H,18,20)/t12-/m1/s1. The lowest BCUT2D eigenvalue weighted by atomic mass is 10.2. The summed E-state index contributed by atoms with van der Waals surface area (Å²) in [5.74, 6) is 0.183. The molecular weight excluding hydrogens is 300 g/mol. The minimum Gasteiger partial charge on any atom is -0.467 e. The highest BCUT2D eigenvalue weighted by Gasteiger charge is 2.16. The zero-order chi connectivity index (χ0) is 16.2. The van der Waals surface area contributed by atoms with Gasteiger partial charge in [-0.1, -0.05) is 20.8 Å². The monoisotopic (exact) mass is 320 g/mol. The van der Waals surface area contributed by atoms with Crippen molar-refractivity contribution in [3.63, 3.8) is 0 Å². The number of aromatic nitrogens is 1. The summed E-state index contributed by atoms with van der Waals surface area (Å²) in [7, 11) is 0. The van der Waals surface area contributed by atoms with Gasteiger partial charge >= 0.3 is 0 Å². The van der Waals surface area contributed by atoms with E-state index in [1.165, 1.54) is 6.26 Å². The lowest BCUT2D eigenvalue weighted by Gasteiger charge is -2.17. The lowest BCUT2D eigenvalue weighted by Crippen LogP contribution is -2.28. The number of nitrogens with zero attached hydrogens (tertiary/aromatic N) is 1. The average Bonchev–Trinajstić information content (AvgIpc) is 2.97. The predicted octanol–water partition coefficient (Wildman–Crippen LogP) is 3.03. The van der Waals surface area contributed by atoms with E-state index in [0.717, 1.165) is 5.03 Å². The molecule has 5 nitrogen and oxygen atoms in total. The van der Waals surface area contributed by atoms with Gasteiger partial charge in [0, 0.05) is 16.5 Å². The molecule has 0 fully saturated rings. The number of aliphatic hydroxyl groups excluding tert-OH is 1. The highest BCUT2D eigenvalue weighted by Crippen LogP contribution is 2.30. The van der Waals surface area contributed by atoms with Crippen LogP contribution in [0.4, 0.5) is 0 Å². The Balaban J connectivity index is 1.96. The van der Waals surface area contributed by atoms with Crippen LogP contribution >= 0.6 is 11.8 Å². The molecule has 0 unspecified atom stereocenters. The summed E-state index contributed by atoms with van der Waals surface area (Å²) in [5.41, 5.74) is 0.522. The van der Waals surface area contributed by atoms with Gasteiger partial charge in [-0.3, -0.25) is 4.79 Å². The molecule has 6 heteroatoms. The molecule has 0 bridgehead atoms. The van der Waals surface area contributed by atoms with Crippen molar-refractivity contribution in [2.45, 2.75) is 36.6 Å². The highest BCUT2D eigenvalue weighted by molar-refractivity contribution is 8.00. The molecule has 2 N–H and O–H groups in total. The molecule has 2 aromatic heterocycles. The van der Waals surface area contributed by atoms with Crippen LogP contribution in [0, 0.1) is 0 Å². The Morgan fingerprint density at radius 1 is 1.45 bits per heavy atom. The third kappa shape index (κ3) is 4.89. The summed E-state index contributed by atoms with van der Waals surface area (Å²) in [6.07, 6.45) is 2.25. The number of furan rings is 1. The average molecular weight is 320 g/mol. The fourth-order valence-electron chi connectivity index (χ4n) is 1.79. The fourth-order valence-corrected chi connectivity index (χ4v) is 2.72. The summed E-state index contributed by atoms with van der Waals surface area (Å²) >= 11 is 1.60. The van der Waals surface area contributed by atoms with Gasteiger partial charge in [0.25, 0.3) is 5.91 Å². The van der Waals surface area contributed by atoms with Crippen LogP contribution in [0.5, 0.6) is 0 Å². The number of rotatable bonds is 5. The van der Waals surface area contributed by atoms with Crippen LogP contribution in [0.1, 0.15) is 43.0 Å². The van der Waals surface area contributed by atoms with E-state index in [-0.39, 0.29) is 17.2 Å². The topological polar surface area (TPSA) is 75.4 Å². The second-order valence-corrected chi connectivity index (χ2v) is 7.69. The van der Waals surface area contributed by atoms with Gasteiger partial charge in [0.15, 0.2) is 0 Å². The Labute approximate surface area is 134 Å². The quantitative estimate of drug-likeness (QED) is 0.828. The molecule has 0 radical (unpaired) electrons. The molecule has 2 heterocycles. The SMILES string of the molecule is CC(C)(C)Sc1cc(C(=O)NC[C@@H](O)c2ccco2)ccn1. The minimum absolute atomic E-state index is 0.0254. The van der Waals surface area contributed by atoms with Crippen molar-refractivity contribution in [1.29, 1.82) is 0 Å². The van der Waals surface area contributed by atoms with Crippen molar-refractivity contribution >= 4 is 17.7 Å². The van der Waals surface area contributed by atoms with E-state index in [9.17, 15) is 9.90 Å². The summed E-state index contributed by atoms with van der Waals surface area (Å²) < 4.78 is 5.12. The molecular formula is C16H20N2O3S. The van der Waals surface area contributed by atoms with E-state index in [1.807, 2.05) is 0 Å². The Bertz CT molecular complexity index is 621. The van der Waals surface area contributed by atoms with Crippen LogP contribution in [-0.2, 0) is 0 Å². The van der Waals surface area contributed by atoms with E-state index in [4.69, 9.17) is 4.42 Å². The first-order valence-electron chi connectivity index (χ1n) is 7.00. The van der Waals surface area contributed by atoms with Gasteiger partial charge in [0.2, 0.25) is 0 Å². The predicted molar refractivity (Wildman–Crippen MR) is 85.8 cm³/mol. The van der Waals surface area contributed by atoms with Crippen molar-refractivity contribution in [1.82, 2.24) is 10.3 Å². The molecule has 0 aliphatic rings. The van der Waals surface area contributed by atoms with Crippen molar-refractivity contribution in [3.8, 4) is 0 Å². The zero-order valence-corrected chi connectivity index (χ0v) is 13.7. The maximum absolute atomic E-state index is 12.1. The maximum Gasteiger partial charge on any atom is 0.251 e. The molecule has 0 aliphatic carbocycles. The number of carbonyl (C=O) groups is 1. The first-order valence-corrected chi connectivity index (χ1v) is 7.81. The van der Waals surface area contributed by atoms with Crippen molar-refractivity contribution in [2.24, 2.45) is 0 Å². The highest BCUT2D eigenvalue weighted by atomic mass is 32.2. The van der Waals surface area contributed by atoms with Gasteiger partial charge in [-0.2, -0.15) is 0 Å². The van der Waals surface area contributed by atoms with Crippen LogP contribution in [0.2, 0.25) is 0 Å². The number of hydrogen-bond acceptors (Lipinski definition) is 5. The van der Waals surface area contributed by atoms with Crippen LogP contribution < -0.4 is 5.32 Å². The number of pyridine rings is 1. The smallest absolute Gasteiger partial charge is 0.251 e. The van der Waals surface area contributed by atoms with Gasteiger partial charge in [0.05, 0.1) is 17.8 Å². The summed E-state index contributed by atoms with van der Waals surface area (Å²) in [5, 5.41) is 13.4. The summed E-state index contributed by atoms with van der Waals surface area (Å²) in [6.45, 7) is 6.36. The third-order valence-electron chi connectivity index (χ3n) is 2.74. The molecule has 0 aliphatic heterocycles. The number of amides is 1. The van der Waals surface area contributed by atoms with Gasteiger partial charge in [0.1, 0.15) is 11.9 Å². The molecule has 1 atom stereocenters. The van der Waals surface area contributed by atoms with E-state index >= 15 is 0 Å². The van der Waals surface area contributed by atoms with Crippen LogP contribution in [0.3, 0.4) is 0 Å². The van der Waals surface area contributed by atoms with Crippen LogP contribution in [0.15, 0.2) is 46.2 Å². The normalized spacial score (nSPS) is 12.9. The third-order valence-corrected chi connectivity index (χ3v) is 3.78.